The van der Waals surface area contributed by atoms with Crippen LogP contribution in [0, 0.1) is 11.8 Å². The lowest BCUT2D eigenvalue weighted by Gasteiger charge is -2.18. The van der Waals surface area contributed by atoms with Crippen molar-refractivity contribution in [3.05, 3.63) is 0 Å². The third-order valence-corrected chi connectivity index (χ3v) is 8.59. The van der Waals surface area contributed by atoms with Crippen molar-refractivity contribution in [2.45, 2.75) is 71.3 Å². The van der Waals surface area contributed by atoms with Crippen LogP contribution >= 0.6 is 23.5 Å². The van der Waals surface area contributed by atoms with Crippen molar-refractivity contribution in [1.29, 1.82) is 0 Å². The molecule has 1 unspecified atom stereocenters. The van der Waals surface area contributed by atoms with Crippen molar-refractivity contribution >= 4 is 52.8 Å². The Morgan fingerprint density at radius 2 is 1.30 bits per heavy atom. The third kappa shape index (κ3) is 24.3. The van der Waals surface area contributed by atoms with Crippen LogP contribution < -0.4 is 16.0 Å². The van der Waals surface area contributed by atoms with Crippen LogP contribution in [0.3, 0.4) is 0 Å². The van der Waals surface area contributed by atoms with E-state index < -0.39 is 6.10 Å². The Morgan fingerprint density at radius 3 is 1.79 bits per heavy atom. The van der Waals surface area contributed by atoms with E-state index in [4.69, 9.17) is 9.94 Å². The van der Waals surface area contributed by atoms with Gasteiger partial charge in [-0.05, 0) is 39.0 Å². The van der Waals surface area contributed by atoms with Gasteiger partial charge in [0.15, 0.2) is 0 Å². The third-order valence-electron chi connectivity index (χ3n) is 6.57. The minimum Gasteiger partial charge on any atom is -0.394 e. The molecule has 0 aromatic rings. The summed E-state index contributed by atoms with van der Waals surface area (Å²) in [4.78, 5) is 66.0. The molecule has 0 aliphatic rings. The van der Waals surface area contributed by atoms with E-state index in [1.807, 2.05) is 6.92 Å². The van der Waals surface area contributed by atoms with E-state index in [2.05, 4.69) is 16.0 Å². The molecule has 43 heavy (non-hydrogen) atoms. The molecule has 5 N–H and O–H groups in total. The summed E-state index contributed by atoms with van der Waals surface area (Å²) in [5, 5.41) is 28.0. The molecule has 3 amide bonds. The van der Waals surface area contributed by atoms with E-state index in [0.29, 0.717) is 57.7 Å². The van der Waals surface area contributed by atoms with Gasteiger partial charge in [-0.3, -0.25) is 28.8 Å². The smallest absolute Gasteiger partial charge is 0.230 e. The minimum atomic E-state index is -0.820. The zero-order valence-electron chi connectivity index (χ0n) is 26.4. The van der Waals surface area contributed by atoms with Gasteiger partial charge >= 0.3 is 0 Å². The van der Waals surface area contributed by atoms with E-state index in [9.17, 15) is 29.1 Å². The highest BCUT2D eigenvalue weighted by Gasteiger charge is 2.23. The molecule has 0 bridgehead atoms. The first-order valence-electron chi connectivity index (χ1n) is 15.1. The van der Waals surface area contributed by atoms with Crippen LogP contribution in [0.1, 0.15) is 65.2 Å². The summed E-state index contributed by atoms with van der Waals surface area (Å²) in [5.74, 6) is 0.157. The molecule has 0 aliphatic carbocycles. The van der Waals surface area contributed by atoms with E-state index in [0.717, 1.165) is 19.3 Å². The summed E-state index contributed by atoms with van der Waals surface area (Å²) in [6.07, 6.45) is 4.38. The van der Waals surface area contributed by atoms with E-state index in [1.165, 1.54) is 30.4 Å². The van der Waals surface area contributed by atoms with Gasteiger partial charge in [0.05, 0.1) is 36.6 Å². The number of Topliss-reactive ketones (excluding diaryl/α,β-unsaturated/α-hetero) is 2. The van der Waals surface area contributed by atoms with Gasteiger partial charge in [-0.15, -0.1) is 23.5 Å². The number of nitrogens with one attached hydrogen (secondary N) is 3. The zero-order valence-corrected chi connectivity index (χ0v) is 28.0. The number of rotatable bonds is 28. The number of hydrogen-bond acceptors (Lipinski definition) is 11. The average Bonchev–Trinajstić information content (AvgIpc) is 2.95. The van der Waals surface area contributed by atoms with Gasteiger partial charge < -0.3 is 26.2 Å². The number of unbranched alkanes of at least 4 members (excludes halogenated alkanes) is 2. The number of carbonyl (C=O) groups excluding carboxylic acids is 5. The topological polar surface area (TPSA) is 174 Å². The largest absolute Gasteiger partial charge is 0.394 e. The maximum atomic E-state index is 12.9. The second-order valence-electron chi connectivity index (χ2n) is 10.6. The molecule has 0 aromatic heterocycles. The molecular formula is C29H54N4O8S2. The fraction of sp³-hybridized carbons (Fsp3) is 0.828. The van der Waals surface area contributed by atoms with Gasteiger partial charge in [-0.2, -0.15) is 5.06 Å². The number of hydroxylamine groups is 2. The fourth-order valence-electron chi connectivity index (χ4n) is 4.09. The Bertz CT molecular complexity index is 819. The predicted octanol–water partition coefficient (Wildman–Crippen LogP) is 1.18. The number of carbonyl (C=O) groups is 5. The first-order valence-corrected chi connectivity index (χ1v) is 17.4. The molecule has 0 radical (unpaired) electrons. The summed E-state index contributed by atoms with van der Waals surface area (Å²) >= 11 is 2.50. The fourth-order valence-corrected chi connectivity index (χ4v) is 5.55. The van der Waals surface area contributed by atoms with Crippen LogP contribution in [0.5, 0.6) is 0 Å². The molecule has 0 spiro atoms. The van der Waals surface area contributed by atoms with Gasteiger partial charge in [0, 0.05) is 57.7 Å². The molecule has 0 rings (SSSR count). The summed E-state index contributed by atoms with van der Waals surface area (Å²) in [6, 6.07) is 0. The second-order valence-corrected chi connectivity index (χ2v) is 12.6. The lowest BCUT2D eigenvalue weighted by atomic mass is 9.85. The van der Waals surface area contributed by atoms with Crippen molar-refractivity contribution in [2.24, 2.45) is 11.8 Å². The molecule has 3 atom stereocenters. The number of thioether (sulfide) groups is 2. The quantitative estimate of drug-likeness (QED) is 0.0608. The van der Waals surface area contributed by atoms with Crippen LogP contribution in [-0.2, 0) is 28.8 Å². The molecule has 14 heteroatoms. The number of nitrogens with zero attached hydrogens (tertiary/aromatic N) is 1. The molecule has 0 saturated carbocycles. The van der Waals surface area contributed by atoms with E-state index in [1.54, 1.807) is 19.2 Å². The highest BCUT2D eigenvalue weighted by atomic mass is 32.2. The maximum Gasteiger partial charge on any atom is 0.230 e. The summed E-state index contributed by atoms with van der Waals surface area (Å²) in [5.41, 5.74) is 0. The van der Waals surface area contributed by atoms with Gasteiger partial charge in [-0.1, -0.05) is 19.8 Å². The highest BCUT2D eigenvalue weighted by Crippen LogP contribution is 2.22. The van der Waals surface area contributed by atoms with Gasteiger partial charge in [0.1, 0.15) is 11.6 Å². The normalized spacial score (nSPS) is 13.3. The standard InChI is InChI=1S/C29H54N4O8S2/c1-5-23(10-6-8-12-30-27(38)19-42-18-25(36)17-34)26(37)16-24(22(2)35)11-7-9-13-31-28(39)20-43-21-29(40)32-14-15-41-33(3)4/h23-25,34,36H,5-21H2,1-4H3,(H,30,38)(H,31,39)(H,32,40)/t23-,24+,25?/m0/s1. The van der Waals surface area contributed by atoms with Crippen molar-refractivity contribution in [3.63, 3.8) is 0 Å². The van der Waals surface area contributed by atoms with E-state index >= 15 is 0 Å². The van der Waals surface area contributed by atoms with Crippen LogP contribution in [0.25, 0.3) is 0 Å². The van der Waals surface area contributed by atoms with Gasteiger partial charge in [-0.25, -0.2) is 0 Å². The number of hydrogen-bond donors (Lipinski definition) is 5. The number of aliphatic hydroxyl groups excluding tert-OH is 2. The lowest BCUT2D eigenvalue weighted by Crippen LogP contribution is -2.31. The molecule has 12 nitrogen and oxygen atoms in total. The Morgan fingerprint density at radius 1 is 0.791 bits per heavy atom. The van der Waals surface area contributed by atoms with Gasteiger partial charge in [0.25, 0.3) is 0 Å². The average molecular weight is 651 g/mol. The summed E-state index contributed by atoms with van der Waals surface area (Å²) in [7, 11) is 3.52. The monoisotopic (exact) mass is 650 g/mol. The molecule has 0 aromatic carbocycles. The second kappa shape index (κ2) is 26.7. The van der Waals surface area contributed by atoms with Crippen molar-refractivity contribution in [3.8, 4) is 0 Å². The Labute approximate surface area is 265 Å². The first-order chi connectivity index (χ1) is 20.5. The molecule has 0 aliphatic heterocycles. The first kappa shape index (κ1) is 41.3. The molecule has 0 heterocycles. The molecule has 250 valence electrons. The van der Waals surface area contributed by atoms with Crippen LogP contribution in [-0.4, -0.2) is 121 Å². The number of ketones is 2. The van der Waals surface area contributed by atoms with Crippen molar-refractivity contribution in [1.82, 2.24) is 21.0 Å². The number of amides is 3. The Kier molecular flexibility index (Phi) is 25.6. The Balaban J connectivity index is 4.11. The van der Waals surface area contributed by atoms with Crippen molar-refractivity contribution < 1.29 is 39.0 Å². The lowest BCUT2D eigenvalue weighted by molar-refractivity contribution is -0.129. The van der Waals surface area contributed by atoms with E-state index in [-0.39, 0.29) is 71.4 Å². The van der Waals surface area contributed by atoms with Crippen LogP contribution in [0.4, 0.5) is 0 Å². The van der Waals surface area contributed by atoms with Gasteiger partial charge in [0.2, 0.25) is 17.7 Å². The predicted molar refractivity (Wildman–Crippen MR) is 172 cm³/mol. The SMILES string of the molecule is CC[C@@H](CCCCNC(=O)CSCC(O)CO)C(=O)C[C@@H](CCCCNC(=O)CSCC(=O)NCCON(C)C)C(C)=O. The van der Waals surface area contributed by atoms with Crippen molar-refractivity contribution in [2.75, 3.05) is 70.0 Å². The zero-order chi connectivity index (χ0) is 32.5. The summed E-state index contributed by atoms with van der Waals surface area (Å²) < 4.78 is 0. The minimum absolute atomic E-state index is 0.00211. The Hall–Kier alpha value is -1.71. The number of aliphatic hydroxyl groups is 2. The summed E-state index contributed by atoms with van der Waals surface area (Å²) in [6.45, 7) is 4.95. The molecule has 0 saturated heterocycles. The maximum absolute atomic E-state index is 12.9. The molecule has 0 fully saturated rings. The van der Waals surface area contributed by atoms with Crippen LogP contribution in [0.2, 0.25) is 0 Å². The highest BCUT2D eigenvalue weighted by molar-refractivity contribution is 8.00. The molecular weight excluding hydrogens is 596 g/mol. The van der Waals surface area contributed by atoms with Crippen LogP contribution in [0.15, 0.2) is 0 Å².